The molecule has 0 radical (unpaired) electrons. The molecule has 32 heavy (non-hydrogen) atoms. The average Bonchev–Trinajstić information content (AvgIpc) is 2.82. The van der Waals surface area contributed by atoms with Gasteiger partial charge in [-0.3, -0.25) is 24.6 Å². The molecule has 0 aromatic heterocycles. The molecule has 0 saturated carbocycles. The van der Waals surface area contributed by atoms with E-state index < -0.39 is 16.7 Å². The van der Waals surface area contributed by atoms with E-state index in [9.17, 15) is 19.7 Å². The number of nitro benzene ring substituents is 1. The minimum Gasteiger partial charge on any atom is -0.495 e. The van der Waals surface area contributed by atoms with Crippen molar-refractivity contribution in [1.29, 1.82) is 0 Å². The maximum Gasteiger partial charge on any atom is 0.313 e. The summed E-state index contributed by atoms with van der Waals surface area (Å²) in [6, 6.07) is 13.3. The number of amides is 2. The van der Waals surface area contributed by atoms with Crippen LogP contribution in [0.15, 0.2) is 48.5 Å². The number of rotatable bonds is 8. The van der Waals surface area contributed by atoms with Crippen molar-refractivity contribution in [1.82, 2.24) is 10.2 Å². The van der Waals surface area contributed by atoms with Crippen LogP contribution in [0, 0.1) is 10.1 Å². The summed E-state index contributed by atoms with van der Waals surface area (Å²) in [5.41, 5.74) is 1.33. The third kappa shape index (κ3) is 6.17. The molecule has 10 heteroatoms. The Morgan fingerprint density at radius 3 is 2.38 bits per heavy atom. The van der Waals surface area contributed by atoms with Crippen molar-refractivity contribution in [2.45, 2.75) is 6.42 Å². The van der Waals surface area contributed by atoms with Crippen LogP contribution in [-0.4, -0.2) is 68.0 Å². The summed E-state index contributed by atoms with van der Waals surface area (Å²) < 4.78 is 5.44. The highest BCUT2D eigenvalue weighted by atomic mass is 16.6. The zero-order valence-corrected chi connectivity index (χ0v) is 18.0. The number of ether oxygens (including phenoxy) is 1. The number of anilines is 2. The van der Waals surface area contributed by atoms with Gasteiger partial charge in [0, 0.05) is 50.5 Å². The van der Waals surface area contributed by atoms with Crippen molar-refractivity contribution in [2.75, 3.05) is 56.6 Å². The molecule has 0 spiro atoms. The normalized spacial score (nSPS) is 14.0. The molecule has 0 unspecified atom stereocenters. The molecule has 2 N–H and O–H groups in total. The maximum absolute atomic E-state index is 12.0. The first-order valence-electron chi connectivity index (χ1n) is 10.4. The lowest BCUT2D eigenvalue weighted by Crippen LogP contribution is -2.47. The van der Waals surface area contributed by atoms with Gasteiger partial charge in [-0.2, -0.15) is 0 Å². The van der Waals surface area contributed by atoms with E-state index >= 15 is 0 Å². The number of para-hydroxylation sites is 2. The number of piperazine rings is 1. The SMILES string of the molecule is COc1ccccc1N1CCN(CCCNC(=O)C(=O)Nc2ccc([N+](=O)[O-])cc2)CC1. The van der Waals surface area contributed by atoms with Gasteiger partial charge >= 0.3 is 11.8 Å². The molecule has 2 aromatic carbocycles. The number of non-ortho nitro benzene ring substituents is 1. The van der Waals surface area contributed by atoms with Gasteiger partial charge in [0.15, 0.2) is 0 Å². The molecular weight excluding hydrogens is 414 g/mol. The Hall–Kier alpha value is -3.66. The Labute approximate surface area is 186 Å². The predicted octanol–water partition coefficient (Wildman–Crippen LogP) is 1.87. The van der Waals surface area contributed by atoms with Crippen LogP contribution in [0.2, 0.25) is 0 Å². The second-order valence-corrected chi connectivity index (χ2v) is 7.37. The van der Waals surface area contributed by atoms with Crippen LogP contribution in [-0.2, 0) is 9.59 Å². The minimum absolute atomic E-state index is 0.0869. The van der Waals surface area contributed by atoms with Crippen LogP contribution >= 0.6 is 0 Å². The number of hydrogen-bond donors (Lipinski definition) is 2. The van der Waals surface area contributed by atoms with E-state index in [1.807, 2.05) is 18.2 Å². The first-order valence-corrected chi connectivity index (χ1v) is 10.4. The molecule has 0 bridgehead atoms. The predicted molar refractivity (Wildman–Crippen MR) is 121 cm³/mol. The Bertz CT molecular complexity index is 942. The number of benzene rings is 2. The summed E-state index contributed by atoms with van der Waals surface area (Å²) in [7, 11) is 1.68. The first kappa shape index (κ1) is 23.0. The van der Waals surface area contributed by atoms with Crippen molar-refractivity contribution in [2.24, 2.45) is 0 Å². The van der Waals surface area contributed by atoms with Crippen LogP contribution in [0.4, 0.5) is 17.1 Å². The lowest BCUT2D eigenvalue weighted by molar-refractivity contribution is -0.384. The highest BCUT2D eigenvalue weighted by molar-refractivity contribution is 6.39. The number of carbonyl (C=O) groups excluding carboxylic acids is 2. The van der Waals surface area contributed by atoms with Gasteiger partial charge in [-0.25, -0.2) is 0 Å². The topological polar surface area (TPSA) is 117 Å². The molecule has 2 aromatic rings. The summed E-state index contributed by atoms with van der Waals surface area (Å²) in [5.74, 6) is -0.663. The van der Waals surface area contributed by atoms with Crippen LogP contribution < -0.4 is 20.3 Å². The van der Waals surface area contributed by atoms with E-state index in [-0.39, 0.29) is 5.69 Å². The molecule has 3 rings (SSSR count). The van der Waals surface area contributed by atoms with E-state index in [1.54, 1.807) is 7.11 Å². The van der Waals surface area contributed by atoms with Gasteiger partial charge in [-0.15, -0.1) is 0 Å². The van der Waals surface area contributed by atoms with Gasteiger partial charge in [-0.1, -0.05) is 12.1 Å². The van der Waals surface area contributed by atoms with E-state index in [1.165, 1.54) is 24.3 Å². The Morgan fingerprint density at radius 2 is 1.72 bits per heavy atom. The third-order valence-corrected chi connectivity index (χ3v) is 5.28. The van der Waals surface area contributed by atoms with Crippen LogP contribution in [0.25, 0.3) is 0 Å². The monoisotopic (exact) mass is 441 g/mol. The zero-order valence-electron chi connectivity index (χ0n) is 18.0. The smallest absolute Gasteiger partial charge is 0.313 e. The van der Waals surface area contributed by atoms with E-state index in [0.717, 1.165) is 50.6 Å². The van der Waals surface area contributed by atoms with E-state index in [2.05, 4.69) is 26.5 Å². The van der Waals surface area contributed by atoms with Crippen molar-refractivity contribution >= 4 is 28.9 Å². The molecule has 2 amide bonds. The second-order valence-electron chi connectivity index (χ2n) is 7.37. The largest absolute Gasteiger partial charge is 0.495 e. The fourth-order valence-corrected chi connectivity index (χ4v) is 3.54. The fraction of sp³-hybridized carbons (Fsp3) is 0.364. The summed E-state index contributed by atoms with van der Waals surface area (Å²) in [5, 5.41) is 15.7. The quantitative estimate of drug-likeness (QED) is 0.278. The Morgan fingerprint density at radius 1 is 1.03 bits per heavy atom. The van der Waals surface area contributed by atoms with Gasteiger partial charge in [-0.05, 0) is 37.2 Å². The Balaban J connectivity index is 1.34. The number of methoxy groups -OCH3 is 1. The van der Waals surface area contributed by atoms with Crippen LogP contribution in [0.3, 0.4) is 0 Å². The van der Waals surface area contributed by atoms with Crippen molar-refractivity contribution in [3.8, 4) is 5.75 Å². The van der Waals surface area contributed by atoms with Crippen molar-refractivity contribution in [3.63, 3.8) is 0 Å². The number of nitro groups is 1. The number of hydrogen-bond acceptors (Lipinski definition) is 7. The molecular formula is C22H27N5O5. The molecule has 1 aliphatic rings. The van der Waals surface area contributed by atoms with E-state index in [4.69, 9.17) is 4.74 Å². The highest BCUT2D eigenvalue weighted by Gasteiger charge is 2.19. The average molecular weight is 441 g/mol. The highest BCUT2D eigenvalue weighted by Crippen LogP contribution is 2.28. The molecule has 1 aliphatic heterocycles. The molecule has 1 fully saturated rings. The van der Waals surface area contributed by atoms with Crippen molar-refractivity contribution < 1.29 is 19.2 Å². The fourth-order valence-electron chi connectivity index (χ4n) is 3.54. The molecule has 1 saturated heterocycles. The van der Waals surface area contributed by atoms with Gasteiger partial charge in [0.1, 0.15) is 5.75 Å². The minimum atomic E-state index is -0.802. The van der Waals surface area contributed by atoms with Gasteiger partial charge < -0.3 is 20.3 Å². The van der Waals surface area contributed by atoms with Gasteiger partial charge in [0.25, 0.3) is 5.69 Å². The molecule has 0 aliphatic carbocycles. The standard InChI is InChI=1S/C22H27N5O5/c1-32-20-6-3-2-5-19(20)26-15-13-25(14-16-26)12-4-11-23-21(28)22(29)24-17-7-9-18(10-8-17)27(30)31/h2-3,5-10H,4,11-16H2,1H3,(H,23,28)(H,24,29). The molecule has 0 atom stereocenters. The van der Waals surface area contributed by atoms with E-state index in [0.29, 0.717) is 12.2 Å². The molecule has 10 nitrogen and oxygen atoms in total. The van der Waals surface area contributed by atoms with Crippen LogP contribution in [0.1, 0.15) is 6.42 Å². The van der Waals surface area contributed by atoms with Gasteiger partial charge in [0.05, 0.1) is 17.7 Å². The first-order chi connectivity index (χ1) is 15.5. The molecule has 1 heterocycles. The van der Waals surface area contributed by atoms with Crippen molar-refractivity contribution in [3.05, 3.63) is 58.6 Å². The summed E-state index contributed by atoms with van der Waals surface area (Å²) in [6.07, 6.45) is 0.727. The zero-order chi connectivity index (χ0) is 22.9. The summed E-state index contributed by atoms with van der Waals surface area (Å²) in [4.78, 5) is 38.7. The summed E-state index contributed by atoms with van der Waals surface area (Å²) in [6.45, 7) is 4.82. The second kappa shape index (κ2) is 11.1. The lowest BCUT2D eigenvalue weighted by Gasteiger charge is -2.36. The third-order valence-electron chi connectivity index (χ3n) is 5.28. The van der Waals surface area contributed by atoms with Gasteiger partial charge in [0.2, 0.25) is 0 Å². The van der Waals surface area contributed by atoms with Crippen LogP contribution in [0.5, 0.6) is 5.75 Å². The lowest BCUT2D eigenvalue weighted by atomic mass is 10.2. The number of nitrogens with zero attached hydrogens (tertiary/aromatic N) is 3. The summed E-state index contributed by atoms with van der Waals surface area (Å²) >= 11 is 0. The Kier molecular flexibility index (Phi) is 7.98. The maximum atomic E-state index is 12.0. The number of nitrogens with one attached hydrogen (secondary N) is 2. The number of carbonyl (C=O) groups is 2. The molecule has 170 valence electrons.